The number of hydrogen-bond acceptors (Lipinski definition) is 5. The molecule has 0 saturated heterocycles. The number of para-hydroxylation sites is 2. The fourth-order valence-electron chi connectivity index (χ4n) is 2.81. The molecule has 0 saturated carbocycles. The number of benzene rings is 1. The van der Waals surface area contributed by atoms with Gasteiger partial charge in [-0.05, 0) is 25.5 Å². The van der Waals surface area contributed by atoms with Crippen molar-refractivity contribution >= 4 is 5.69 Å². The van der Waals surface area contributed by atoms with Crippen LogP contribution in [0, 0.1) is 0 Å². The zero-order chi connectivity index (χ0) is 15.3. The number of methoxy groups -OCH3 is 2. The van der Waals surface area contributed by atoms with E-state index in [-0.39, 0.29) is 11.8 Å². The smallest absolute Gasteiger partial charge is 0.159 e. The molecule has 0 bridgehead atoms. The molecular formula is C16H26N2O3. The summed E-state index contributed by atoms with van der Waals surface area (Å²) in [6, 6.07) is 8.12. The summed E-state index contributed by atoms with van der Waals surface area (Å²) in [6.45, 7) is 4.31. The largest absolute Gasteiger partial charge is 0.491 e. The van der Waals surface area contributed by atoms with Crippen molar-refractivity contribution in [3.05, 3.63) is 24.3 Å². The van der Waals surface area contributed by atoms with Crippen LogP contribution < -0.4 is 15.4 Å². The molecule has 1 aromatic carbocycles. The van der Waals surface area contributed by atoms with Crippen LogP contribution in [-0.2, 0) is 9.47 Å². The molecule has 2 rings (SSSR count). The van der Waals surface area contributed by atoms with Gasteiger partial charge in [-0.3, -0.25) is 0 Å². The first-order valence-corrected chi connectivity index (χ1v) is 7.40. The minimum absolute atomic E-state index is 0.250. The van der Waals surface area contributed by atoms with E-state index >= 15 is 0 Å². The summed E-state index contributed by atoms with van der Waals surface area (Å²) in [4.78, 5) is 2.33. The molecule has 118 valence electrons. The predicted octanol–water partition coefficient (Wildman–Crippen LogP) is 2.00. The first kappa shape index (κ1) is 16.1. The van der Waals surface area contributed by atoms with Crippen LogP contribution in [-0.4, -0.2) is 45.7 Å². The summed E-state index contributed by atoms with van der Waals surface area (Å²) < 4.78 is 16.6. The van der Waals surface area contributed by atoms with Crippen LogP contribution in [0.25, 0.3) is 0 Å². The third-order valence-electron chi connectivity index (χ3n) is 4.16. The summed E-state index contributed by atoms with van der Waals surface area (Å²) >= 11 is 0. The summed E-state index contributed by atoms with van der Waals surface area (Å²) in [5.41, 5.74) is 6.95. The molecule has 0 aromatic heterocycles. The third-order valence-corrected chi connectivity index (χ3v) is 4.16. The SMILES string of the molecule is COC(CC(C)(CN)N1CCCOc2ccccc21)OC. The Hall–Kier alpha value is -1.30. The molecule has 1 heterocycles. The number of hydrogen-bond donors (Lipinski definition) is 1. The van der Waals surface area contributed by atoms with E-state index in [2.05, 4.69) is 17.9 Å². The number of nitrogens with two attached hydrogens (primary N) is 1. The molecule has 5 heteroatoms. The highest BCUT2D eigenvalue weighted by Gasteiger charge is 2.35. The van der Waals surface area contributed by atoms with Gasteiger partial charge >= 0.3 is 0 Å². The molecule has 1 aliphatic heterocycles. The van der Waals surface area contributed by atoms with Crippen molar-refractivity contribution in [2.24, 2.45) is 5.73 Å². The number of anilines is 1. The van der Waals surface area contributed by atoms with E-state index in [9.17, 15) is 0 Å². The molecule has 21 heavy (non-hydrogen) atoms. The average Bonchev–Trinajstić information content (AvgIpc) is 2.75. The van der Waals surface area contributed by atoms with E-state index in [0.717, 1.165) is 31.0 Å². The maximum absolute atomic E-state index is 6.11. The summed E-state index contributed by atoms with van der Waals surface area (Å²) in [7, 11) is 3.31. The maximum Gasteiger partial charge on any atom is 0.159 e. The van der Waals surface area contributed by atoms with Crippen LogP contribution in [0.5, 0.6) is 5.75 Å². The zero-order valence-corrected chi connectivity index (χ0v) is 13.2. The normalized spacial score (nSPS) is 17.9. The number of ether oxygens (including phenoxy) is 3. The molecule has 5 nitrogen and oxygen atoms in total. The number of rotatable bonds is 6. The van der Waals surface area contributed by atoms with Crippen LogP contribution in [0.15, 0.2) is 24.3 Å². The van der Waals surface area contributed by atoms with Gasteiger partial charge in [-0.2, -0.15) is 0 Å². The lowest BCUT2D eigenvalue weighted by atomic mass is 9.93. The average molecular weight is 294 g/mol. The van der Waals surface area contributed by atoms with E-state index in [0.29, 0.717) is 13.0 Å². The Bertz CT molecular complexity index is 451. The van der Waals surface area contributed by atoms with Crippen LogP contribution in [0.1, 0.15) is 19.8 Å². The quantitative estimate of drug-likeness (QED) is 0.813. The highest BCUT2D eigenvalue weighted by Crippen LogP contribution is 2.36. The Kier molecular flexibility index (Phi) is 5.45. The van der Waals surface area contributed by atoms with E-state index in [1.54, 1.807) is 14.2 Å². The van der Waals surface area contributed by atoms with Crippen LogP contribution in [0.3, 0.4) is 0 Å². The molecule has 1 aromatic rings. The second-order valence-electron chi connectivity index (χ2n) is 5.63. The van der Waals surface area contributed by atoms with Crippen molar-refractivity contribution in [3.63, 3.8) is 0 Å². The van der Waals surface area contributed by atoms with Gasteiger partial charge in [0.1, 0.15) is 5.75 Å². The second kappa shape index (κ2) is 7.11. The Morgan fingerprint density at radius 2 is 2.05 bits per heavy atom. The van der Waals surface area contributed by atoms with Gasteiger partial charge in [-0.25, -0.2) is 0 Å². The van der Waals surface area contributed by atoms with E-state index < -0.39 is 0 Å². The lowest BCUT2D eigenvalue weighted by Gasteiger charge is -2.43. The van der Waals surface area contributed by atoms with Crippen LogP contribution in [0.4, 0.5) is 5.69 Å². The molecule has 2 N–H and O–H groups in total. The summed E-state index contributed by atoms with van der Waals surface area (Å²) in [6.07, 6.45) is 1.40. The molecule has 1 atom stereocenters. The van der Waals surface area contributed by atoms with E-state index in [1.165, 1.54) is 0 Å². The highest BCUT2D eigenvalue weighted by atomic mass is 16.7. The topological polar surface area (TPSA) is 57.0 Å². The second-order valence-corrected chi connectivity index (χ2v) is 5.63. The third kappa shape index (κ3) is 3.48. The van der Waals surface area contributed by atoms with Crippen molar-refractivity contribution < 1.29 is 14.2 Å². The zero-order valence-electron chi connectivity index (χ0n) is 13.2. The molecule has 0 spiro atoms. The van der Waals surface area contributed by atoms with Crippen LogP contribution >= 0.6 is 0 Å². The van der Waals surface area contributed by atoms with Crippen molar-refractivity contribution in [3.8, 4) is 5.75 Å². The fourth-order valence-corrected chi connectivity index (χ4v) is 2.81. The standard InChI is InChI=1S/C16H26N2O3/c1-16(12-17,11-15(19-2)20-3)18-9-6-10-21-14-8-5-4-7-13(14)18/h4-5,7-8,15H,6,9-12,17H2,1-3H3. The van der Waals surface area contributed by atoms with Crippen LogP contribution in [0.2, 0.25) is 0 Å². The van der Waals surface area contributed by atoms with Crippen molar-refractivity contribution in [2.45, 2.75) is 31.6 Å². The van der Waals surface area contributed by atoms with Gasteiger partial charge < -0.3 is 24.8 Å². The minimum Gasteiger partial charge on any atom is -0.491 e. The molecular weight excluding hydrogens is 268 g/mol. The van der Waals surface area contributed by atoms with E-state index in [1.807, 2.05) is 18.2 Å². The Balaban J connectivity index is 2.32. The Labute approximate surface area is 127 Å². The van der Waals surface area contributed by atoms with Gasteiger partial charge in [0, 0.05) is 33.7 Å². The van der Waals surface area contributed by atoms with Gasteiger partial charge in [0.25, 0.3) is 0 Å². The monoisotopic (exact) mass is 294 g/mol. The predicted molar refractivity (Wildman–Crippen MR) is 83.8 cm³/mol. The van der Waals surface area contributed by atoms with Crippen molar-refractivity contribution in [1.82, 2.24) is 0 Å². The molecule has 0 aliphatic carbocycles. The maximum atomic E-state index is 6.11. The van der Waals surface area contributed by atoms with E-state index in [4.69, 9.17) is 19.9 Å². The van der Waals surface area contributed by atoms with Gasteiger partial charge in [0.05, 0.1) is 17.8 Å². The Morgan fingerprint density at radius 1 is 1.33 bits per heavy atom. The number of nitrogens with zero attached hydrogens (tertiary/aromatic N) is 1. The lowest BCUT2D eigenvalue weighted by molar-refractivity contribution is -0.115. The van der Waals surface area contributed by atoms with Crippen molar-refractivity contribution in [1.29, 1.82) is 0 Å². The molecule has 0 fully saturated rings. The van der Waals surface area contributed by atoms with Gasteiger partial charge in [-0.1, -0.05) is 12.1 Å². The lowest BCUT2D eigenvalue weighted by Crippen LogP contribution is -2.54. The first-order chi connectivity index (χ1) is 10.1. The molecule has 0 amide bonds. The number of fused-ring (bicyclic) bond motifs is 1. The summed E-state index contributed by atoms with van der Waals surface area (Å²) in [5.74, 6) is 0.918. The minimum atomic E-state index is -0.269. The van der Waals surface area contributed by atoms with Gasteiger partial charge in [0.2, 0.25) is 0 Å². The highest BCUT2D eigenvalue weighted by molar-refractivity contribution is 5.60. The molecule has 1 unspecified atom stereocenters. The Morgan fingerprint density at radius 3 is 2.71 bits per heavy atom. The first-order valence-electron chi connectivity index (χ1n) is 7.40. The van der Waals surface area contributed by atoms with Crippen molar-refractivity contribution in [2.75, 3.05) is 38.8 Å². The molecule has 0 radical (unpaired) electrons. The fraction of sp³-hybridized carbons (Fsp3) is 0.625. The molecule has 1 aliphatic rings. The van der Waals surface area contributed by atoms with Gasteiger partial charge in [-0.15, -0.1) is 0 Å². The summed E-state index contributed by atoms with van der Waals surface area (Å²) in [5, 5.41) is 0. The van der Waals surface area contributed by atoms with Gasteiger partial charge in [0.15, 0.2) is 6.29 Å².